The van der Waals surface area contributed by atoms with Crippen LogP contribution >= 0.6 is 0 Å². The second-order valence-electron chi connectivity index (χ2n) is 4.83. The summed E-state index contributed by atoms with van der Waals surface area (Å²) in [6.45, 7) is 4.07. The molecule has 1 rings (SSSR count). The second kappa shape index (κ2) is 7.47. The van der Waals surface area contributed by atoms with Gasteiger partial charge in [-0.1, -0.05) is 13.8 Å². The number of nitrogens with one attached hydrogen (secondary N) is 1. The lowest BCUT2D eigenvalue weighted by atomic mass is 10.1. The largest absolute Gasteiger partial charge is 0.405 e. The summed E-state index contributed by atoms with van der Waals surface area (Å²) in [7, 11) is 1.41. The molecule has 0 aliphatic rings. The third-order valence-electron chi connectivity index (χ3n) is 3.03. The van der Waals surface area contributed by atoms with E-state index in [1.165, 1.54) is 13.2 Å². The van der Waals surface area contributed by atoms with E-state index in [4.69, 9.17) is 0 Å². The molecule has 0 aromatic carbocycles. The minimum atomic E-state index is -4.21. The van der Waals surface area contributed by atoms with Gasteiger partial charge in [0.05, 0.1) is 17.6 Å². The minimum absolute atomic E-state index is 0.150. The van der Waals surface area contributed by atoms with Crippen molar-refractivity contribution in [1.82, 2.24) is 10.3 Å². The Kier molecular flexibility index (Phi) is 6.26. The summed E-state index contributed by atoms with van der Waals surface area (Å²) >= 11 is 0. The van der Waals surface area contributed by atoms with Gasteiger partial charge in [-0.05, 0) is 31.5 Å². The van der Waals surface area contributed by atoms with Gasteiger partial charge in [-0.2, -0.15) is 13.2 Å². The van der Waals surface area contributed by atoms with E-state index in [2.05, 4.69) is 24.1 Å². The molecule has 20 heavy (non-hydrogen) atoms. The first-order valence-electron chi connectivity index (χ1n) is 6.84. The van der Waals surface area contributed by atoms with Crippen molar-refractivity contribution in [3.8, 4) is 0 Å². The molecule has 0 aliphatic carbocycles. The molecule has 1 heterocycles. The van der Waals surface area contributed by atoms with E-state index in [9.17, 15) is 13.2 Å². The number of pyridine rings is 1. The molecular formula is C14H22F3N3. The molecule has 1 N–H and O–H groups in total. The first kappa shape index (κ1) is 16.8. The van der Waals surface area contributed by atoms with Gasteiger partial charge in [0.15, 0.2) is 0 Å². The van der Waals surface area contributed by atoms with E-state index < -0.39 is 12.7 Å². The molecule has 3 nitrogen and oxygen atoms in total. The third-order valence-corrected chi connectivity index (χ3v) is 3.03. The van der Waals surface area contributed by atoms with Crippen molar-refractivity contribution in [3.63, 3.8) is 0 Å². The van der Waals surface area contributed by atoms with E-state index in [1.54, 1.807) is 12.1 Å². The van der Waals surface area contributed by atoms with Crippen LogP contribution in [-0.4, -0.2) is 31.3 Å². The molecule has 0 radical (unpaired) electrons. The fourth-order valence-electron chi connectivity index (χ4n) is 1.97. The Morgan fingerprint density at radius 1 is 1.30 bits per heavy atom. The molecule has 1 aromatic rings. The number of halogens is 3. The highest BCUT2D eigenvalue weighted by molar-refractivity contribution is 5.44. The van der Waals surface area contributed by atoms with Gasteiger partial charge >= 0.3 is 6.18 Å². The monoisotopic (exact) mass is 289 g/mol. The minimum Gasteiger partial charge on any atom is -0.364 e. The van der Waals surface area contributed by atoms with Gasteiger partial charge in [-0.3, -0.25) is 4.98 Å². The van der Waals surface area contributed by atoms with Crippen LogP contribution in [0.5, 0.6) is 0 Å². The fraction of sp³-hybridized carbons (Fsp3) is 0.643. The summed E-state index contributed by atoms with van der Waals surface area (Å²) in [6.07, 6.45) is -0.785. The van der Waals surface area contributed by atoms with Gasteiger partial charge in [0.25, 0.3) is 0 Å². The summed E-state index contributed by atoms with van der Waals surface area (Å²) in [6, 6.07) is 3.63. The maximum absolute atomic E-state index is 12.3. The summed E-state index contributed by atoms with van der Waals surface area (Å²) in [5, 5.41) is 3.37. The van der Waals surface area contributed by atoms with Crippen molar-refractivity contribution in [2.75, 3.05) is 25.0 Å². The quantitative estimate of drug-likeness (QED) is 0.832. The predicted molar refractivity (Wildman–Crippen MR) is 74.9 cm³/mol. The van der Waals surface area contributed by atoms with Crippen molar-refractivity contribution < 1.29 is 13.2 Å². The number of aromatic nitrogens is 1. The van der Waals surface area contributed by atoms with Crippen LogP contribution in [0.15, 0.2) is 18.3 Å². The number of rotatable bonds is 7. The SMILES string of the molecule is CCCNC(CC)c1ccc(N(C)CC(F)(F)F)cn1. The predicted octanol–water partition coefficient (Wildman–Crippen LogP) is 3.53. The Morgan fingerprint density at radius 2 is 2.00 bits per heavy atom. The first-order valence-corrected chi connectivity index (χ1v) is 6.84. The standard InChI is InChI=1S/C14H22F3N3/c1-4-8-18-12(5-2)13-7-6-11(9-19-13)20(3)10-14(15,16)17/h6-7,9,12,18H,4-5,8,10H2,1-3H3. The highest BCUT2D eigenvalue weighted by Gasteiger charge is 2.29. The van der Waals surface area contributed by atoms with Crippen LogP contribution in [-0.2, 0) is 0 Å². The first-order chi connectivity index (χ1) is 9.37. The van der Waals surface area contributed by atoms with Crippen LogP contribution in [0, 0.1) is 0 Å². The normalized spacial score (nSPS) is 13.3. The zero-order valence-corrected chi connectivity index (χ0v) is 12.2. The molecule has 1 aromatic heterocycles. The van der Waals surface area contributed by atoms with Gasteiger partial charge in [-0.15, -0.1) is 0 Å². The fourth-order valence-corrected chi connectivity index (χ4v) is 1.97. The van der Waals surface area contributed by atoms with E-state index >= 15 is 0 Å². The van der Waals surface area contributed by atoms with Gasteiger partial charge in [-0.25, -0.2) is 0 Å². The Morgan fingerprint density at radius 3 is 2.45 bits per heavy atom. The molecule has 1 unspecified atom stereocenters. The zero-order valence-electron chi connectivity index (χ0n) is 12.2. The van der Waals surface area contributed by atoms with Crippen molar-refractivity contribution in [3.05, 3.63) is 24.0 Å². The summed E-state index contributed by atoms with van der Waals surface area (Å²) in [4.78, 5) is 5.43. The van der Waals surface area contributed by atoms with Crippen LogP contribution < -0.4 is 10.2 Å². The van der Waals surface area contributed by atoms with E-state index in [0.29, 0.717) is 5.69 Å². The maximum atomic E-state index is 12.3. The maximum Gasteiger partial charge on any atom is 0.405 e. The summed E-state index contributed by atoms with van der Waals surface area (Å²) in [5.74, 6) is 0. The van der Waals surface area contributed by atoms with Gasteiger partial charge < -0.3 is 10.2 Å². The highest BCUT2D eigenvalue weighted by Crippen LogP contribution is 2.22. The van der Waals surface area contributed by atoms with Crippen molar-refractivity contribution >= 4 is 5.69 Å². The average molecular weight is 289 g/mol. The number of hydrogen-bond acceptors (Lipinski definition) is 3. The number of alkyl halides is 3. The van der Waals surface area contributed by atoms with Crippen LogP contribution in [0.2, 0.25) is 0 Å². The Labute approximate surface area is 118 Å². The molecule has 0 aliphatic heterocycles. The lowest BCUT2D eigenvalue weighted by Crippen LogP contribution is -2.31. The van der Waals surface area contributed by atoms with Gasteiger partial charge in [0, 0.05) is 13.1 Å². The van der Waals surface area contributed by atoms with Crippen LogP contribution in [0.25, 0.3) is 0 Å². The van der Waals surface area contributed by atoms with E-state index in [0.717, 1.165) is 30.0 Å². The van der Waals surface area contributed by atoms with Crippen molar-refractivity contribution in [2.24, 2.45) is 0 Å². The third kappa shape index (κ3) is 5.36. The molecule has 0 fully saturated rings. The Hall–Kier alpha value is -1.30. The van der Waals surface area contributed by atoms with Gasteiger partial charge in [0.2, 0.25) is 0 Å². The van der Waals surface area contributed by atoms with E-state index in [-0.39, 0.29) is 6.04 Å². The summed E-state index contributed by atoms with van der Waals surface area (Å²) in [5.41, 5.74) is 1.33. The lowest BCUT2D eigenvalue weighted by molar-refractivity contribution is -0.119. The molecular weight excluding hydrogens is 267 g/mol. The number of anilines is 1. The molecule has 1 atom stereocenters. The lowest BCUT2D eigenvalue weighted by Gasteiger charge is -2.22. The molecule has 114 valence electrons. The van der Waals surface area contributed by atoms with E-state index in [1.807, 2.05) is 0 Å². The highest BCUT2D eigenvalue weighted by atomic mass is 19.4. The number of nitrogens with zero attached hydrogens (tertiary/aromatic N) is 2. The summed E-state index contributed by atoms with van der Waals surface area (Å²) < 4.78 is 37.0. The van der Waals surface area contributed by atoms with Crippen LogP contribution in [0.4, 0.5) is 18.9 Å². The average Bonchev–Trinajstić information content (AvgIpc) is 2.38. The van der Waals surface area contributed by atoms with Crippen LogP contribution in [0.1, 0.15) is 38.4 Å². The van der Waals surface area contributed by atoms with Gasteiger partial charge in [0.1, 0.15) is 6.54 Å². The number of hydrogen-bond donors (Lipinski definition) is 1. The van der Waals surface area contributed by atoms with Crippen molar-refractivity contribution in [1.29, 1.82) is 0 Å². The second-order valence-corrected chi connectivity index (χ2v) is 4.83. The Balaban J connectivity index is 2.72. The molecule has 0 spiro atoms. The zero-order chi connectivity index (χ0) is 15.2. The Bertz CT molecular complexity index is 390. The topological polar surface area (TPSA) is 28.2 Å². The smallest absolute Gasteiger partial charge is 0.364 e. The molecule has 6 heteroatoms. The van der Waals surface area contributed by atoms with Crippen LogP contribution in [0.3, 0.4) is 0 Å². The van der Waals surface area contributed by atoms with Crippen molar-refractivity contribution in [2.45, 2.75) is 38.9 Å². The molecule has 0 bridgehead atoms. The molecule has 0 saturated heterocycles. The molecule has 0 amide bonds. The molecule has 0 saturated carbocycles.